The summed E-state index contributed by atoms with van der Waals surface area (Å²) in [6.45, 7) is 0. The zero-order chi connectivity index (χ0) is 9.42. The highest BCUT2D eigenvalue weighted by Gasteiger charge is 2.09. The van der Waals surface area contributed by atoms with Gasteiger partial charge in [0, 0.05) is 6.07 Å². The Bertz CT molecular complexity index is 456. The van der Waals surface area contributed by atoms with Crippen LogP contribution in [0.5, 0.6) is 0 Å². The van der Waals surface area contributed by atoms with Crippen molar-refractivity contribution in [2.45, 2.75) is 0 Å². The van der Waals surface area contributed by atoms with Crippen LogP contribution in [-0.2, 0) is 0 Å². The lowest BCUT2D eigenvalue weighted by molar-refractivity contribution is 0.609. The van der Waals surface area contributed by atoms with Crippen LogP contribution in [0.15, 0.2) is 21.0 Å². The van der Waals surface area contributed by atoms with Gasteiger partial charge in [-0.1, -0.05) is 0 Å². The van der Waals surface area contributed by atoms with Crippen LogP contribution < -0.4 is 11.3 Å². The number of oxazole rings is 1. The number of hydrazine groups is 1. The highest BCUT2D eigenvalue weighted by atomic mass is 79.9. The normalized spacial score (nSPS) is 10.7. The van der Waals surface area contributed by atoms with E-state index in [1.165, 1.54) is 12.1 Å². The van der Waals surface area contributed by atoms with E-state index in [4.69, 9.17) is 10.3 Å². The summed E-state index contributed by atoms with van der Waals surface area (Å²) in [6, 6.07) is 2.72. The lowest BCUT2D eigenvalue weighted by Crippen LogP contribution is -2.06. The van der Waals surface area contributed by atoms with Gasteiger partial charge in [0.25, 0.3) is 0 Å². The molecule has 0 fully saturated rings. The molecular formula is C7H5BrFN3O. The molecule has 0 unspecified atom stereocenters. The number of nitrogens with one attached hydrogen (secondary N) is 1. The fraction of sp³-hybridized carbons (Fsp3) is 0. The van der Waals surface area contributed by atoms with E-state index in [1.807, 2.05) is 0 Å². The minimum absolute atomic E-state index is 0.154. The van der Waals surface area contributed by atoms with Crippen LogP contribution in [0.1, 0.15) is 0 Å². The Morgan fingerprint density at radius 2 is 2.31 bits per heavy atom. The van der Waals surface area contributed by atoms with Crippen LogP contribution in [0.3, 0.4) is 0 Å². The highest BCUT2D eigenvalue weighted by Crippen LogP contribution is 2.27. The number of halogens is 2. The third kappa shape index (κ3) is 1.38. The van der Waals surface area contributed by atoms with E-state index in [9.17, 15) is 4.39 Å². The van der Waals surface area contributed by atoms with Gasteiger partial charge in [-0.05, 0) is 22.0 Å². The SMILES string of the molecule is NNc1nc2cc(F)cc(Br)c2o1. The lowest BCUT2D eigenvalue weighted by Gasteiger charge is -1.90. The zero-order valence-corrected chi connectivity index (χ0v) is 7.93. The number of hydrogen-bond acceptors (Lipinski definition) is 4. The standard InChI is InChI=1S/C7H5BrFN3O/c8-4-1-3(9)2-5-6(4)13-7(11-5)12-10/h1-2H,10H2,(H,11,12). The molecule has 0 bridgehead atoms. The lowest BCUT2D eigenvalue weighted by atomic mass is 10.3. The van der Waals surface area contributed by atoms with Gasteiger partial charge in [0.1, 0.15) is 11.3 Å². The molecule has 13 heavy (non-hydrogen) atoms. The highest BCUT2D eigenvalue weighted by molar-refractivity contribution is 9.10. The third-order valence-electron chi connectivity index (χ3n) is 1.53. The molecule has 6 heteroatoms. The summed E-state index contributed by atoms with van der Waals surface area (Å²) in [5, 5.41) is 0. The van der Waals surface area contributed by atoms with E-state index >= 15 is 0 Å². The van der Waals surface area contributed by atoms with Crippen molar-refractivity contribution >= 4 is 33.0 Å². The third-order valence-corrected chi connectivity index (χ3v) is 2.12. The molecule has 1 heterocycles. The van der Waals surface area contributed by atoms with Crippen LogP contribution in [0.4, 0.5) is 10.4 Å². The Morgan fingerprint density at radius 3 is 3.00 bits per heavy atom. The van der Waals surface area contributed by atoms with Gasteiger partial charge in [0.15, 0.2) is 5.58 Å². The number of nitrogens with two attached hydrogens (primary N) is 1. The summed E-state index contributed by atoms with van der Waals surface area (Å²) in [6.07, 6.45) is 0. The van der Waals surface area contributed by atoms with E-state index in [2.05, 4.69) is 26.3 Å². The molecule has 0 saturated heterocycles. The topological polar surface area (TPSA) is 64.1 Å². The van der Waals surface area contributed by atoms with E-state index in [0.29, 0.717) is 15.6 Å². The Labute approximate surface area is 81.0 Å². The van der Waals surface area contributed by atoms with Crippen molar-refractivity contribution in [3.8, 4) is 0 Å². The van der Waals surface area contributed by atoms with Crippen molar-refractivity contribution in [2.75, 3.05) is 5.43 Å². The Kier molecular flexibility index (Phi) is 1.93. The van der Waals surface area contributed by atoms with E-state index in [-0.39, 0.29) is 11.8 Å². The number of rotatable bonds is 1. The van der Waals surface area contributed by atoms with Gasteiger partial charge in [-0.3, -0.25) is 5.43 Å². The fourth-order valence-corrected chi connectivity index (χ4v) is 1.52. The molecule has 3 N–H and O–H groups in total. The molecule has 2 rings (SSSR count). The number of nitrogens with zero attached hydrogens (tertiary/aromatic N) is 1. The second kappa shape index (κ2) is 2.97. The zero-order valence-electron chi connectivity index (χ0n) is 6.34. The molecule has 0 atom stereocenters. The van der Waals surface area contributed by atoms with Gasteiger partial charge < -0.3 is 4.42 Å². The number of hydrogen-bond donors (Lipinski definition) is 2. The molecule has 0 radical (unpaired) electrons. The van der Waals surface area contributed by atoms with Crippen molar-refractivity contribution in [1.29, 1.82) is 0 Å². The van der Waals surface area contributed by atoms with Gasteiger partial charge in [-0.2, -0.15) is 4.98 Å². The van der Waals surface area contributed by atoms with Gasteiger partial charge >= 0.3 is 6.01 Å². The minimum atomic E-state index is -0.378. The molecule has 0 aliphatic heterocycles. The monoisotopic (exact) mass is 245 g/mol. The summed E-state index contributed by atoms with van der Waals surface area (Å²) >= 11 is 3.15. The first-order valence-corrected chi connectivity index (χ1v) is 4.22. The van der Waals surface area contributed by atoms with Gasteiger partial charge in [-0.25, -0.2) is 10.2 Å². The van der Waals surface area contributed by atoms with Crippen LogP contribution >= 0.6 is 15.9 Å². The average Bonchev–Trinajstić information content (AvgIpc) is 2.47. The molecule has 68 valence electrons. The maximum Gasteiger partial charge on any atom is 0.310 e. The fourth-order valence-electron chi connectivity index (χ4n) is 1.02. The predicted molar refractivity (Wildman–Crippen MR) is 49.5 cm³/mol. The quantitative estimate of drug-likeness (QED) is 0.596. The van der Waals surface area contributed by atoms with Crippen LogP contribution in [0.2, 0.25) is 0 Å². The first kappa shape index (κ1) is 8.46. The number of aromatic nitrogens is 1. The van der Waals surface area contributed by atoms with E-state index in [0.717, 1.165) is 0 Å². The molecule has 0 aliphatic rings. The van der Waals surface area contributed by atoms with Crippen molar-refractivity contribution < 1.29 is 8.81 Å². The molecule has 0 amide bonds. The Balaban J connectivity index is 2.75. The molecular weight excluding hydrogens is 241 g/mol. The molecule has 0 aliphatic carbocycles. The molecule has 0 saturated carbocycles. The smallest absolute Gasteiger partial charge is 0.310 e. The average molecular weight is 246 g/mol. The van der Waals surface area contributed by atoms with Crippen molar-refractivity contribution in [3.63, 3.8) is 0 Å². The number of nitrogen functional groups attached to an aromatic ring is 1. The second-order valence-electron chi connectivity index (χ2n) is 2.40. The molecule has 1 aromatic carbocycles. The van der Waals surface area contributed by atoms with Gasteiger partial charge in [0.2, 0.25) is 0 Å². The molecule has 2 aromatic rings. The van der Waals surface area contributed by atoms with Crippen LogP contribution in [-0.4, -0.2) is 4.98 Å². The second-order valence-corrected chi connectivity index (χ2v) is 3.25. The molecule has 0 spiro atoms. The van der Waals surface area contributed by atoms with Crippen LogP contribution in [0, 0.1) is 5.82 Å². The Morgan fingerprint density at radius 1 is 1.54 bits per heavy atom. The minimum Gasteiger partial charge on any atom is -0.421 e. The first-order valence-electron chi connectivity index (χ1n) is 3.43. The Hall–Kier alpha value is -1.14. The molecule has 1 aromatic heterocycles. The van der Waals surface area contributed by atoms with Crippen molar-refractivity contribution in [3.05, 3.63) is 22.4 Å². The largest absolute Gasteiger partial charge is 0.421 e. The molecule has 4 nitrogen and oxygen atoms in total. The van der Waals surface area contributed by atoms with Crippen molar-refractivity contribution in [2.24, 2.45) is 5.84 Å². The summed E-state index contributed by atoms with van der Waals surface area (Å²) in [5.41, 5.74) is 3.13. The number of fused-ring (bicyclic) bond motifs is 1. The van der Waals surface area contributed by atoms with Gasteiger partial charge in [-0.15, -0.1) is 0 Å². The first-order chi connectivity index (χ1) is 6.20. The number of benzene rings is 1. The number of anilines is 1. The summed E-state index contributed by atoms with van der Waals surface area (Å²) in [4.78, 5) is 3.88. The maximum absolute atomic E-state index is 12.8. The summed E-state index contributed by atoms with van der Waals surface area (Å²) < 4.78 is 18.5. The van der Waals surface area contributed by atoms with E-state index in [1.54, 1.807) is 0 Å². The predicted octanol–water partition coefficient (Wildman–Crippen LogP) is 2.02. The maximum atomic E-state index is 12.8. The van der Waals surface area contributed by atoms with E-state index < -0.39 is 0 Å². The summed E-state index contributed by atoms with van der Waals surface area (Å²) in [7, 11) is 0. The van der Waals surface area contributed by atoms with Crippen LogP contribution in [0.25, 0.3) is 11.1 Å². The van der Waals surface area contributed by atoms with Crippen molar-refractivity contribution in [1.82, 2.24) is 4.98 Å². The summed E-state index contributed by atoms with van der Waals surface area (Å²) in [5.74, 6) is 4.71. The van der Waals surface area contributed by atoms with Gasteiger partial charge in [0.05, 0.1) is 4.47 Å².